The number of rotatable bonds is 8. The molecule has 1 amide bonds. The van der Waals surface area contributed by atoms with Crippen LogP contribution in [0.5, 0.6) is 11.5 Å². The number of amides is 1. The van der Waals surface area contributed by atoms with Crippen molar-refractivity contribution in [1.29, 1.82) is 0 Å². The molecule has 4 nitrogen and oxygen atoms in total. The van der Waals surface area contributed by atoms with Gasteiger partial charge in [-0.2, -0.15) is 0 Å². The van der Waals surface area contributed by atoms with Crippen LogP contribution in [0.2, 0.25) is 0 Å². The van der Waals surface area contributed by atoms with Crippen molar-refractivity contribution in [3.8, 4) is 11.5 Å². The molecule has 1 unspecified atom stereocenters. The van der Waals surface area contributed by atoms with Crippen molar-refractivity contribution in [2.24, 2.45) is 0 Å². The standard InChI is InChI=1S/C20H25NO3/c1-15-10-12-18(13-11-15)24-16(2)20(22)21-14-6-8-17-7-4-5-9-19(17)23-3/h4-5,7,9-13,16H,6,8,14H2,1-3H3,(H,21,22). The number of hydrogen-bond acceptors (Lipinski definition) is 3. The van der Waals surface area contributed by atoms with Crippen LogP contribution in [0.3, 0.4) is 0 Å². The molecule has 4 heteroatoms. The Balaban J connectivity index is 1.73. The molecule has 0 saturated carbocycles. The van der Waals surface area contributed by atoms with Crippen molar-refractivity contribution >= 4 is 5.91 Å². The van der Waals surface area contributed by atoms with Crippen molar-refractivity contribution in [3.05, 3.63) is 59.7 Å². The van der Waals surface area contributed by atoms with Crippen molar-refractivity contribution in [1.82, 2.24) is 5.32 Å². The highest BCUT2D eigenvalue weighted by atomic mass is 16.5. The first-order valence-electron chi connectivity index (χ1n) is 8.23. The van der Waals surface area contributed by atoms with E-state index in [1.807, 2.05) is 55.5 Å². The number of benzene rings is 2. The maximum atomic E-state index is 12.1. The van der Waals surface area contributed by atoms with Gasteiger partial charge < -0.3 is 14.8 Å². The second-order valence-corrected chi connectivity index (χ2v) is 5.78. The summed E-state index contributed by atoms with van der Waals surface area (Å²) in [5.41, 5.74) is 2.31. The van der Waals surface area contributed by atoms with Crippen LogP contribution in [0.4, 0.5) is 0 Å². The first kappa shape index (κ1) is 17.9. The second kappa shape index (κ2) is 8.96. The molecule has 1 atom stereocenters. The summed E-state index contributed by atoms with van der Waals surface area (Å²) in [5, 5.41) is 2.92. The molecule has 0 fully saturated rings. The molecule has 2 aromatic carbocycles. The first-order chi connectivity index (χ1) is 11.6. The molecule has 0 aliphatic rings. The van der Waals surface area contributed by atoms with Gasteiger partial charge in [0.05, 0.1) is 7.11 Å². The Kier molecular flexibility index (Phi) is 6.67. The molecule has 0 aliphatic carbocycles. The summed E-state index contributed by atoms with van der Waals surface area (Å²) in [6.07, 6.45) is 1.19. The average Bonchev–Trinajstić information content (AvgIpc) is 2.60. The van der Waals surface area contributed by atoms with Crippen molar-refractivity contribution < 1.29 is 14.3 Å². The van der Waals surface area contributed by atoms with E-state index >= 15 is 0 Å². The van der Waals surface area contributed by atoms with Gasteiger partial charge in [0.15, 0.2) is 6.10 Å². The third-order valence-electron chi connectivity index (χ3n) is 3.82. The highest BCUT2D eigenvalue weighted by molar-refractivity contribution is 5.80. The van der Waals surface area contributed by atoms with Gasteiger partial charge in [0.25, 0.3) is 5.91 Å². The molecule has 0 spiro atoms. The molecular formula is C20H25NO3. The third kappa shape index (κ3) is 5.30. The highest BCUT2D eigenvalue weighted by Gasteiger charge is 2.14. The number of aryl methyl sites for hydroxylation is 2. The second-order valence-electron chi connectivity index (χ2n) is 5.78. The van der Waals surface area contributed by atoms with Gasteiger partial charge in [0, 0.05) is 6.54 Å². The molecule has 0 aromatic heterocycles. The van der Waals surface area contributed by atoms with E-state index in [0.29, 0.717) is 12.3 Å². The monoisotopic (exact) mass is 327 g/mol. The lowest BCUT2D eigenvalue weighted by molar-refractivity contribution is -0.127. The number of nitrogens with one attached hydrogen (secondary N) is 1. The molecule has 0 heterocycles. The normalized spacial score (nSPS) is 11.6. The molecular weight excluding hydrogens is 302 g/mol. The van der Waals surface area contributed by atoms with Crippen LogP contribution >= 0.6 is 0 Å². The Morgan fingerprint density at radius 3 is 2.54 bits per heavy atom. The van der Waals surface area contributed by atoms with Crippen molar-refractivity contribution in [3.63, 3.8) is 0 Å². The lowest BCUT2D eigenvalue weighted by Crippen LogP contribution is -2.36. The lowest BCUT2D eigenvalue weighted by atomic mass is 10.1. The Hall–Kier alpha value is -2.49. The van der Waals surface area contributed by atoms with E-state index in [1.54, 1.807) is 14.0 Å². The molecule has 0 bridgehead atoms. The van der Waals surface area contributed by atoms with Crippen LogP contribution < -0.4 is 14.8 Å². The molecule has 2 aromatic rings. The number of ether oxygens (including phenoxy) is 2. The Morgan fingerprint density at radius 1 is 1.12 bits per heavy atom. The van der Waals surface area contributed by atoms with Gasteiger partial charge in [-0.15, -0.1) is 0 Å². The fourth-order valence-electron chi connectivity index (χ4n) is 2.42. The minimum Gasteiger partial charge on any atom is -0.496 e. The fourth-order valence-corrected chi connectivity index (χ4v) is 2.42. The van der Waals surface area contributed by atoms with Crippen LogP contribution in [0, 0.1) is 6.92 Å². The summed E-state index contributed by atoms with van der Waals surface area (Å²) < 4.78 is 11.0. The van der Waals surface area contributed by atoms with E-state index in [9.17, 15) is 4.79 Å². The summed E-state index contributed by atoms with van der Waals surface area (Å²) in [6, 6.07) is 15.6. The van der Waals surface area contributed by atoms with E-state index < -0.39 is 6.10 Å². The van der Waals surface area contributed by atoms with Crippen LogP contribution in [0.1, 0.15) is 24.5 Å². The molecule has 1 N–H and O–H groups in total. The summed E-state index contributed by atoms with van der Waals surface area (Å²) in [4.78, 5) is 12.1. The summed E-state index contributed by atoms with van der Waals surface area (Å²) >= 11 is 0. The number of carbonyl (C=O) groups is 1. The largest absolute Gasteiger partial charge is 0.496 e. The Labute approximate surface area is 143 Å². The fraction of sp³-hybridized carbons (Fsp3) is 0.350. The van der Waals surface area contributed by atoms with E-state index in [-0.39, 0.29) is 5.91 Å². The first-order valence-corrected chi connectivity index (χ1v) is 8.23. The van der Waals surface area contributed by atoms with Gasteiger partial charge in [0.2, 0.25) is 0 Å². The average molecular weight is 327 g/mol. The summed E-state index contributed by atoms with van der Waals surface area (Å²) in [7, 11) is 1.67. The Bertz CT molecular complexity index is 652. The predicted molar refractivity (Wildman–Crippen MR) is 95.6 cm³/mol. The zero-order valence-corrected chi connectivity index (χ0v) is 14.5. The molecule has 0 radical (unpaired) electrons. The summed E-state index contributed by atoms with van der Waals surface area (Å²) in [6.45, 7) is 4.38. The number of para-hydroxylation sites is 1. The number of methoxy groups -OCH3 is 1. The van der Waals surface area contributed by atoms with Gasteiger partial charge in [0.1, 0.15) is 11.5 Å². The zero-order valence-electron chi connectivity index (χ0n) is 14.5. The van der Waals surface area contributed by atoms with Gasteiger partial charge in [-0.1, -0.05) is 35.9 Å². The smallest absolute Gasteiger partial charge is 0.260 e. The van der Waals surface area contributed by atoms with Crippen molar-refractivity contribution in [2.75, 3.05) is 13.7 Å². The van der Waals surface area contributed by atoms with E-state index in [2.05, 4.69) is 5.32 Å². The van der Waals surface area contributed by atoms with Gasteiger partial charge in [-0.05, 0) is 50.5 Å². The highest BCUT2D eigenvalue weighted by Crippen LogP contribution is 2.18. The zero-order chi connectivity index (χ0) is 17.4. The quantitative estimate of drug-likeness (QED) is 0.755. The van der Waals surface area contributed by atoms with Crippen LogP contribution in [-0.4, -0.2) is 25.7 Å². The van der Waals surface area contributed by atoms with Gasteiger partial charge in [-0.25, -0.2) is 0 Å². The predicted octanol–water partition coefficient (Wildman–Crippen LogP) is 3.52. The van der Waals surface area contributed by atoms with Gasteiger partial charge in [-0.3, -0.25) is 4.79 Å². The van der Waals surface area contributed by atoms with E-state index in [0.717, 1.165) is 29.7 Å². The summed E-state index contributed by atoms with van der Waals surface area (Å²) in [5.74, 6) is 1.49. The Morgan fingerprint density at radius 2 is 1.83 bits per heavy atom. The van der Waals surface area contributed by atoms with Gasteiger partial charge >= 0.3 is 0 Å². The van der Waals surface area contributed by atoms with Crippen LogP contribution in [0.25, 0.3) is 0 Å². The lowest BCUT2D eigenvalue weighted by Gasteiger charge is -2.15. The molecule has 2 rings (SSSR count). The molecule has 24 heavy (non-hydrogen) atoms. The maximum absolute atomic E-state index is 12.1. The minimum absolute atomic E-state index is 0.101. The number of carbonyl (C=O) groups excluding carboxylic acids is 1. The minimum atomic E-state index is -0.515. The van der Waals surface area contributed by atoms with Crippen LogP contribution in [0.15, 0.2) is 48.5 Å². The SMILES string of the molecule is COc1ccccc1CCCNC(=O)C(C)Oc1ccc(C)cc1. The van der Waals surface area contributed by atoms with Crippen molar-refractivity contribution in [2.45, 2.75) is 32.8 Å². The third-order valence-corrected chi connectivity index (χ3v) is 3.82. The van der Waals surface area contributed by atoms with E-state index in [1.165, 1.54) is 0 Å². The number of hydrogen-bond donors (Lipinski definition) is 1. The molecule has 0 saturated heterocycles. The topological polar surface area (TPSA) is 47.6 Å². The molecule has 128 valence electrons. The maximum Gasteiger partial charge on any atom is 0.260 e. The molecule has 0 aliphatic heterocycles. The van der Waals surface area contributed by atoms with Crippen LogP contribution in [-0.2, 0) is 11.2 Å². The van der Waals surface area contributed by atoms with E-state index in [4.69, 9.17) is 9.47 Å².